The molecule has 8 heteroatoms. The fourth-order valence-electron chi connectivity index (χ4n) is 1.85. The van der Waals surface area contributed by atoms with E-state index in [2.05, 4.69) is 27.2 Å². The average Bonchev–Trinajstić information content (AvgIpc) is 2.40. The fraction of sp³-hybridized carbons (Fsp3) is 0.692. The summed E-state index contributed by atoms with van der Waals surface area (Å²) in [5, 5.41) is 3.33. The zero-order valence-electron chi connectivity index (χ0n) is 12.6. The largest absolute Gasteiger partial charge is 0.368 e. The molecule has 0 aromatic carbocycles. The molecule has 0 spiro atoms. The normalized spacial score (nSPS) is 12.1. The van der Waals surface area contributed by atoms with Crippen molar-refractivity contribution in [3.05, 3.63) is 0 Å². The maximum Gasteiger partial charge on any atom is 0.230 e. The lowest BCUT2D eigenvalue weighted by molar-refractivity contribution is -0.119. The minimum Gasteiger partial charge on any atom is -0.368 e. The van der Waals surface area contributed by atoms with Crippen LogP contribution in [-0.2, 0) is 4.79 Å². The monoisotopic (exact) mass is 312 g/mol. The smallest absolute Gasteiger partial charge is 0.230 e. The molecule has 7 nitrogen and oxygen atoms in total. The topological polar surface area (TPSA) is 120 Å². The molecule has 1 heterocycles. The molecule has 0 aliphatic carbocycles. The van der Waals surface area contributed by atoms with Crippen LogP contribution >= 0.6 is 11.8 Å². The summed E-state index contributed by atoms with van der Waals surface area (Å²) in [5.74, 6) is 0.326. The molecule has 21 heavy (non-hydrogen) atoms. The van der Waals surface area contributed by atoms with Gasteiger partial charge in [-0.05, 0) is 13.3 Å². The van der Waals surface area contributed by atoms with Crippen molar-refractivity contribution in [2.75, 3.05) is 17.2 Å². The molecule has 5 N–H and O–H groups in total. The van der Waals surface area contributed by atoms with Crippen molar-refractivity contribution >= 4 is 29.6 Å². The number of nitrogens with one attached hydrogen (secondary N) is 1. The molecule has 0 aliphatic rings. The highest BCUT2D eigenvalue weighted by atomic mass is 32.2. The Morgan fingerprint density at radius 1 is 1.19 bits per heavy atom. The molecule has 118 valence electrons. The third-order valence-electron chi connectivity index (χ3n) is 2.88. The summed E-state index contributed by atoms with van der Waals surface area (Å²) in [4.78, 5) is 23.3. The Kier molecular flexibility index (Phi) is 7.81. The summed E-state index contributed by atoms with van der Waals surface area (Å²) in [6.45, 7) is 4.20. The zero-order chi connectivity index (χ0) is 15.7. The van der Waals surface area contributed by atoms with Crippen LogP contribution in [0.15, 0.2) is 5.16 Å². The van der Waals surface area contributed by atoms with Gasteiger partial charge in [0, 0.05) is 6.04 Å². The van der Waals surface area contributed by atoms with E-state index in [4.69, 9.17) is 11.5 Å². The van der Waals surface area contributed by atoms with Gasteiger partial charge in [0.15, 0.2) is 5.16 Å². The van der Waals surface area contributed by atoms with Gasteiger partial charge in [-0.3, -0.25) is 4.79 Å². The number of amides is 1. The first-order valence-corrected chi connectivity index (χ1v) is 8.19. The highest BCUT2D eigenvalue weighted by Gasteiger charge is 2.10. The Labute approximate surface area is 129 Å². The first-order valence-electron chi connectivity index (χ1n) is 7.20. The van der Waals surface area contributed by atoms with Crippen LogP contribution in [0.25, 0.3) is 0 Å². The predicted octanol–water partition coefficient (Wildman–Crippen LogP) is 1.60. The van der Waals surface area contributed by atoms with Crippen molar-refractivity contribution in [2.45, 2.75) is 57.1 Å². The number of thioether (sulfide) groups is 1. The number of nitrogens with two attached hydrogens (primary N) is 2. The van der Waals surface area contributed by atoms with Crippen LogP contribution in [0.2, 0.25) is 0 Å². The van der Waals surface area contributed by atoms with E-state index in [9.17, 15) is 4.79 Å². The van der Waals surface area contributed by atoms with Crippen molar-refractivity contribution in [1.82, 2.24) is 20.3 Å². The van der Waals surface area contributed by atoms with Gasteiger partial charge < -0.3 is 16.8 Å². The van der Waals surface area contributed by atoms with E-state index in [1.165, 1.54) is 31.0 Å². The standard InChI is InChI=1S/C13H24N6OS/c1-3-4-5-6-7-9(2)16-10(20)8-21-13-18-11(14)17-12(15)19-13/h9H,3-8H2,1-2H3,(H,16,20)(H4,14,15,17,18,19)/t9-/m0/s1. The molecule has 1 atom stereocenters. The number of carbonyl (C=O) groups is 1. The van der Waals surface area contributed by atoms with Gasteiger partial charge in [-0.1, -0.05) is 44.4 Å². The lowest BCUT2D eigenvalue weighted by atomic mass is 10.1. The minimum atomic E-state index is -0.0412. The Hall–Kier alpha value is -1.57. The Balaban J connectivity index is 2.27. The predicted molar refractivity (Wildman–Crippen MR) is 85.7 cm³/mol. The molecular weight excluding hydrogens is 288 g/mol. The van der Waals surface area contributed by atoms with Crippen molar-refractivity contribution in [3.63, 3.8) is 0 Å². The molecule has 0 bridgehead atoms. The first kappa shape index (κ1) is 17.5. The number of hydrogen-bond donors (Lipinski definition) is 3. The number of nitrogen functional groups attached to an aromatic ring is 2. The van der Waals surface area contributed by atoms with E-state index < -0.39 is 0 Å². The molecular formula is C13H24N6OS. The third-order valence-corrected chi connectivity index (χ3v) is 3.73. The summed E-state index contributed by atoms with van der Waals surface area (Å²) in [5.41, 5.74) is 10.9. The summed E-state index contributed by atoms with van der Waals surface area (Å²) >= 11 is 1.20. The summed E-state index contributed by atoms with van der Waals surface area (Å²) < 4.78 is 0. The van der Waals surface area contributed by atoms with Gasteiger partial charge in [-0.2, -0.15) is 15.0 Å². The molecule has 0 saturated carbocycles. The molecule has 1 aromatic heterocycles. The van der Waals surface area contributed by atoms with Gasteiger partial charge in [-0.15, -0.1) is 0 Å². The second-order valence-corrected chi connectivity index (χ2v) is 5.88. The third kappa shape index (κ3) is 7.69. The molecule has 0 aliphatic heterocycles. The van der Waals surface area contributed by atoms with Crippen molar-refractivity contribution < 1.29 is 4.79 Å². The first-order chi connectivity index (χ1) is 10.0. The Morgan fingerprint density at radius 2 is 1.86 bits per heavy atom. The van der Waals surface area contributed by atoms with E-state index >= 15 is 0 Å². The van der Waals surface area contributed by atoms with Crippen molar-refractivity contribution in [3.8, 4) is 0 Å². The van der Waals surface area contributed by atoms with Crippen molar-refractivity contribution in [2.24, 2.45) is 0 Å². The fourth-order valence-corrected chi connectivity index (χ4v) is 2.51. The molecule has 1 aromatic rings. The van der Waals surface area contributed by atoms with Crippen LogP contribution in [0, 0.1) is 0 Å². The average molecular weight is 312 g/mol. The van der Waals surface area contributed by atoms with Gasteiger partial charge in [0.2, 0.25) is 17.8 Å². The second kappa shape index (κ2) is 9.38. The van der Waals surface area contributed by atoms with Crippen LogP contribution < -0.4 is 16.8 Å². The van der Waals surface area contributed by atoms with Gasteiger partial charge in [0.05, 0.1) is 5.75 Å². The van der Waals surface area contributed by atoms with Crippen LogP contribution in [0.3, 0.4) is 0 Å². The number of hydrogen-bond acceptors (Lipinski definition) is 7. The lowest BCUT2D eigenvalue weighted by Crippen LogP contribution is -2.33. The van der Waals surface area contributed by atoms with Crippen LogP contribution in [0.4, 0.5) is 11.9 Å². The van der Waals surface area contributed by atoms with E-state index in [0.29, 0.717) is 5.16 Å². The van der Waals surface area contributed by atoms with E-state index in [0.717, 1.165) is 12.8 Å². The highest BCUT2D eigenvalue weighted by Crippen LogP contribution is 2.14. The van der Waals surface area contributed by atoms with Crippen LogP contribution in [0.5, 0.6) is 0 Å². The van der Waals surface area contributed by atoms with E-state index in [-0.39, 0.29) is 29.6 Å². The Morgan fingerprint density at radius 3 is 2.48 bits per heavy atom. The number of unbranched alkanes of at least 4 members (excludes halogenated alkanes) is 3. The highest BCUT2D eigenvalue weighted by molar-refractivity contribution is 7.99. The zero-order valence-corrected chi connectivity index (χ0v) is 13.4. The summed E-state index contributed by atoms with van der Waals surface area (Å²) in [7, 11) is 0. The molecule has 0 fully saturated rings. The quantitative estimate of drug-likeness (QED) is 0.468. The maximum absolute atomic E-state index is 11.8. The lowest BCUT2D eigenvalue weighted by Gasteiger charge is -2.13. The molecule has 1 amide bonds. The number of nitrogens with zero attached hydrogens (tertiary/aromatic N) is 3. The minimum absolute atomic E-state index is 0.0412. The summed E-state index contributed by atoms with van der Waals surface area (Å²) in [6, 6.07) is 0.184. The number of carbonyl (C=O) groups excluding carboxylic acids is 1. The molecule has 0 unspecified atom stereocenters. The Bertz CT molecular complexity index is 436. The molecule has 0 saturated heterocycles. The van der Waals surface area contributed by atoms with Gasteiger partial charge >= 0.3 is 0 Å². The summed E-state index contributed by atoms with van der Waals surface area (Å²) in [6.07, 6.45) is 5.83. The number of anilines is 2. The van der Waals surface area contributed by atoms with E-state index in [1.807, 2.05) is 6.92 Å². The van der Waals surface area contributed by atoms with Gasteiger partial charge in [-0.25, -0.2) is 0 Å². The molecule has 0 radical (unpaired) electrons. The SMILES string of the molecule is CCCCCC[C@H](C)NC(=O)CSc1nc(N)nc(N)n1. The number of rotatable bonds is 9. The number of aromatic nitrogens is 3. The van der Waals surface area contributed by atoms with Gasteiger partial charge in [0.1, 0.15) is 0 Å². The second-order valence-electron chi connectivity index (χ2n) is 4.94. The van der Waals surface area contributed by atoms with E-state index in [1.54, 1.807) is 0 Å². The van der Waals surface area contributed by atoms with Gasteiger partial charge in [0.25, 0.3) is 0 Å². The maximum atomic E-state index is 11.8. The van der Waals surface area contributed by atoms with Crippen LogP contribution in [-0.4, -0.2) is 32.7 Å². The van der Waals surface area contributed by atoms with Crippen LogP contribution in [0.1, 0.15) is 46.0 Å². The molecule has 1 rings (SSSR count). The van der Waals surface area contributed by atoms with Crippen molar-refractivity contribution in [1.29, 1.82) is 0 Å².